The van der Waals surface area contributed by atoms with Crippen LogP contribution in [0, 0.1) is 0 Å². The molecule has 0 heterocycles. The van der Waals surface area contributed by atoms with Crippen molar-refractivity contribution in [2.75, 3.05) is 0 Å². The van der Waals surface area contributed by atoms with Gasteiger partial charge < -0.3 is 10.6 Å². The maximum atomic E-state index is 12.5. The van der Waals surface area contributed by atoms with Crippen molar-refractivity contribution in [1.82, 2.24) is 10.6 Å². The van der Waals surface area contributed by atoms with Crippen molar-refractivity contribution in [3.8, 4) is 0 Å². The van der Waals surface area contributed by atoms with Crippen LogP contribution in [0.15, 0.2) is 54.6 Å². The lowest BCUT2D eigenvalue weighted by molar-refractivity contribution is 0.0937. The average molecular weight is 336 g/mol. The van der Waals surface area contributed by atoms with E-state index in [1.807, 2.05) is 37.3 Å². The second-order valence-corrected chi connectivity index (χ2v) is 6.64. The summed E-state index contributed by atoms with van der Waals surface area (Å²) in [5.74, 6) is -0.274. The average Bonchev–Trinajstić information content (AvgIpc) is 3.15. The van der Waals surface area contributed by atoms with Crippen LogP contribution < -0.4 is 10.6 Å². The predicted molar refractivity (Wildman–Crippen MR) is 98.5 cm³/mol. The number of rotatable bonds is 5. The zero-order chi connectivity index (χ0) is 17.6. The molecule has 0 saturated heterocycles. The molecule has 4 nitrogen and oxygen atoms in total. The molecule has 0 aliphatic heterocycles. The van der Waals surface area contributed by atoms with Gasteiger partial charge in [0.25, 0.3) is 11.8 Å². The van der Waals surface area contributed by atoms with Gasteiger partial charge in [-0.3, -0.25) is 9.59 Å². The highest BCUT2D eigenvalue weighted by Gasteiger charge is 2.19. The highest BCUT2D eigenvalue weighted by Crippen LogP contribution is 2.18. The first kappa shape index (κ1) is 17.2. The summed E-state index contributed by atoms with van der Waals surface area (Å²) in [6, 6.07) is 16.9. The Morgan fingerprint density at radius 1 is 0.920 bits per heavy atom. The van der Waals surface area contributed by atoms with Gasteiger partial charge in [-0.25, -0.2) is 0 Å². The van der Waals surface area contributed by atoms with Gasteiger partial charge in [0, 0.05) is 17.2 Å². The summed E-state index contributed by atoms with van der Waals surface area (Å²) >= 11 is 0. The van der Waals surface area contributed by atoms with Crippen molar-refractivity contribution in [2.24, 2.45) is 0 Å². The van der Waals surface area contributed by atoms with Crippen molar-refractivity contribution in [3.05, 3.63) is 71.3 Å². The predicted octanol–water partition coefficient (Wildman–Crippen LogP) is 3.85. The van der Waals surface area contributed by atoms with Gasteiger partial charge in [0.1, 0.15) is 0 Å². The van der Waals surface area contributed by atoms with E-state index in [9.17, 15) is 9.59 Å². The largest absolute Gasteiger partial charge is 0.349 e. The number of nitrogens with one attached hydrogen (secondary N) is 2. The van der Waals surface area contributed by atoms with E-state index in [1.54, 1.807) is 24.3 Å². The fourth-order valence-corrected chi connectivity index (χ4v) is 3.25. The third-order valence-electron chi connectivity index (χ3n) is 4.72. The Morgan fingerprint density at radius 2 is 1.56 bits per heavy atom. The van der Waals surface area contributed by atoms with E-state index < -0.39 is 0 Å². The van der Waals surface area contributed by atoms with Gasteiger partial charge in [-0.15, -0.1) is 0 Å². The molecule has 1 aliphatic carbocycles. The van der Waals surface area contributed by atoms with Gasteiger partial charge in [0.05, 0.1) is 6.04 Å². The summed E-state index contributed by atoms with van der Waals surface area (Å²) in [5.41, 5.74) is 2.08. The molecule has 1 unspecified atom stereocenters. The molecule has 25 heavy (non-hydrogen) atoms. The number of hydrogen-bond acceptors (Lipinski definition) is 2. The molecule has 0 radical (unpaired) electrons. The Balaban J connectivity index is 1.65. The van der Waals surface area contributed by atoms with Gasteiger partial charge in [-0.2, -0.15) is 0 Å². The molecule has 1 fully saturated rings. The monoisotopic (exact) mass is 336 g/mol. The van der Waals surface area contributed by atoms with Crippen LogP contribution in [0.3, 0.4) is 0 Å². The first-order valence-corrected chi connectivity index (χ1v) is 8.90. The molecule has 0 aromatic heterocycles. The van der Waals surface area contributed by atoms with Gasteiger partial charge in [-0.1, -0.05) is 49.2 Å². The number of benzene rings is 2. The Labute approximate surface area is 148 Å². The molecule has 2 N–H and O–H groups in total. The molecule has 130 valence electrons. The van der Waals surface area contributed by atoms with Gasteiger partial charge >= 0.3 is 0 Å². The lowest BCUT2D eigenvalue weighted by atomic mass is 10.1. The molecule has 4 heteroatoms. The maximum Gasteiger partial charge on any atom is 0.251 e. The topological polar surface area (TPSA) is 58.2 Å². The number of amides is 2. The summed E-state index contributed by atoms with van der Waals surface area (Å²) in [5, 5.41) is 6.04. The summed E-state index contributed by atoms with van der Waals surface area (Å²) in [7, 11) is 0. The molecule has 0 spiro atoms. The highest BCUT2D eigenvalue weighted by atomic mass is 16.2. The smallest absolute Gasteiger partial charge is 0.251 e. The Bertz CT molecular complexity index is 737. The van der Waals surface area contributed by atoms with E-state index in [0.717, 1.165) is 18.4 Å². The Hall–Kier alpha value is -2.62. The van der Waals surface area contributed by atoms with Crippen LogP contribution in [-0.2, 0) is 0 Å². The molecule has 2 aromatic rings. The molecule has 2 aromatic carbocycles. The molecule has 0 bridgehead atoms. The molecule has 1 saturated carbocycles. The van der Waals surface area contributed by atoms with E-state index in [-0.39, 0.29) is 23.9 Å². The normalized spacial score (nSPS) is 15.6. The van der Waals surface area contributed by atoms with Crippen LogP contribution >= 0.6 is 0 Å². The van der Waals surface area contributed by atoms with E-state index in [2.05, 4.69) is 10.6 Å². The standard InChI is InChI=1S/C21H24N2O2/c1-15(16-8-3-2-4-9-16)22-20(24)17-10-7-11-18(14-17)21(25)23-19-12-5-6-13-19/h2-4,7-11,14-15,19H,5-6,12-13H2,1H3,(H,22,24)(H,23,25). The molecular formula is C21H24N2O2. The van der Waals surface area contributed by atoms with Crippen LogP contribution in [0.1, 0.15) is 64.9 Å². The third kappa shape index (κ3) is 4.47. The van der Waals surface area contributed by atoms with Crippen LogP contribution in [-0.4, -0.2) is 17.9 Å². The first-order valence-electron chi connectivity index (χ1n) is 8.90. The number of hydrogen-bond donors (Lipinski definition) is 2. The van der Waals surface area contributed by atoms with E-state index in [1.165, 1.54) is 12.8 Å². The molecular weight excluding hydrogens is 312 g/mol. The quantitative estimate of drug-likeness (QED) is 0.871. The second kappa shape index (κ2) is 7.97. The lowest BCUT2D eigenvalue weighted by Crippen LogP contribution is -2.33. The summed E-state index contributed by atoms with van der Waals surface area (Å²) < 4.78 is 0. The molecule has 3 rings (SSSR count). The van der Waals surface area contributed by atoms with Crippen LogP contribution in [0.4, 0.5) is 0 Å². The first-order chi connectivity index (χ1) is 12.1. The Morgan fingerprint density at radius 3 is 2.24 bits per heavy atom. The summed E-state index contributed by atoms with van der Waals surface area (Å²) in [6.07, 6.45) is 4.43. The van der Waals surface area contributed by atoms with Crippen LogP contribution in [0.5, 0.6) is 0 Å². The van der Waals surface area contributed by atoms with Crippen molar-refractivity contribution < 1.29 is 9.59 Å². The summed E-state index contributed by atoms with van der Waals surface area (Å²) in [6.45, 7) is 1.95. The van der Waals surface area contributed by atoms with E-state index in [4.69, 9.17) is 0 Å². The van der Waals surface area contributed by atoms with Gasteiger partial charge in [-0.05, 0) is 43.5 Å². The van der Waals surface area contributed by atoms with E-state index >= 15 is 0 Å². The van der Waals surface area contributed by atoms with Crippen LogP contribution in [0.2, 0.25) is 0 Å². The van der Waals surface area contributed by atoms with Gasteiger partial charge in [0.2, 0.25) is 0 Å². The fourth-order valence-electron chi connectivity index (χ4n) is 3.25. The zero-order valence-corrected chi connectivity index (χ0v) is 14.5. The number of carbonyl (C=O) groups is 2. The number of carbonyl (C=O) groups excluding carboxylic acids is 2. The highest BCUT2D eigenvalue weighted by molar-refractivity contribution is 5.99. The fraction of sp³-hybridized carbons (Fsp3) is 0.333. The van der Waals surface area contributed by atoms with Crippen molar-refractivity contribution in [3.63, 3.8) is 0 Å². The SMILES string of the molecule is CC(NC(=O)c1cccc(C(=O)NC2CCCC2)c1)c1ccccc1. The second-order valence-electron chi connectivity index (χ2n) is 6.64. The van der Waals surface area contributed by atoms with Crippen molar-refractivity contribution in [1.29, 1.82) is 0 Å². The van der Waals surface area contributed by atoms with Crippen molar-refractivity contribution in [2.45, 2.75) is 44.7 Å². The maximum absolute atomic E-state index is 12.5. The minimum absolute atomic E-state index is 0.0929. The molecule has 1 atom stereocenters. The minimum Gasteiger partial charge on any atom is -0.349 e. The molecule has 2 amide bonds. The third-order valence-corrected chi connectivity index (χ3v) is 4.72. The van der Waals surface area contributed by atoms with Crippen LogP contribution in [0.25, 0.3) is 0 Å². The van der Waals surface area contributed by atoms with Gasteiger partial charge in [0.15, 0.2) is 0 Å². The Kier molecular flexibility index (Phi) is 5.49. The zero-order valence-electron chi connectivity index (χ0n) is 14.5. The van der Waals surface area contributed by atoms with Crippen molar-refractivity contribution >= 4 is 11.8 Å². The lowest BCUT2D eigenvalue weighted by Gasteiger charge is -2.15. The molecule has 1 aliphatic rings. The summed E-state index contributed by atoms with van der Waals surface area (Å²) in [4.78, 5) is 24.9. The minimum atomic E-state index is -0.174. The van der Waals surface area contributed by atoms with E-state index in [0.29, 0.717) is 11.1 Å².